The van der Waals surface area contributed by atoms with Gasteiger partial charge in [0, 0.05) is 6.20 Å². The van der Waals surface area contributed by atoms with E-state index >= 15 is 0 Å². The van der Waals surface area contributed by atoms with E-state index in [0.29, 0.717) is 0 Å². The second kappa shape index (κ2) is 3.87. The fraction of sp³-hybridized carbons (Fsp3) is 0.500. The van der Waals surface area contributed by atoms with Crippen LogP contribution in [-0.4, -0.2) is 16.0 Å². The van der Waals surface area contributed by atoms with Gasteiger partial charge in [-0.2, -0.15) is 18.3 Å². The normalized spacial score (nSPS) is 13.5. The molecule has 0 amide bonds. The summed E-state index contributed by atoms with van der Waals surface area (Å²) < 4.78 is 36.9. The number of rotatable bonds is 1. The van der Waals surface area contributed by atoms with E-state index in [-0.39, 0.29) is 18.1 Å². The summed E-state index contributed by atoms with van der Waals surface area (Å²) in [5.41, 5.74) is 5.44. The van der Waals surface area contributed by atoms with E-state index in [0.717, 1.165) is 17.8 Å². The minimum atomic E-state index is -4.28. The van der Waals surface area contributed by atoms with Crippen molar-refractivity contribution < 1.29 is 13.2 Å². The molecule has 7 heteroatoms. The fourth-order valence-corrected chi connectivity index (χ4v) is 0.715. The summed E-state index contributed by atoms with van der Waals surface area (Å²) in [5, 5.41) is 3.45. The standard InChI is InChI=1S/C6H8F3N3.ClH/c1-4(6(7,8)9)12-3-5(10)2-11-12;/h2-4H,10H2,1H3;1H. The van der Waals surface area contributed by atoms with Crippen molar-refractivity contribution in [3.63, 3.8) is 0 Å². The van der Waals surface area contributed by atoms with E-state index in [1.807, 2.05) is 0 Å². The fourth-order valence-electron chi connectivity index (χ4n) is 0.715. The molecule has 0 bridgehead atoms. The van der Waals surface area contributed by atoms with Crippen molar-refractivity contribution in [3.8, 4) is 0 Å². The molecule has 0 fully saturated rings. The lowest BCUT2D eigenvalue weighted by atomic mass is 10.3. The third-order valence-corrected chi connectivity index (χ3v) is 1.49. The average Bonchev–Trinajstić information content (AvgIpc) is 2.32. The molecule has 1 atom stereocenters. The van der Waals surface area contributed by atoms with Crippen molar-refractivity contribution in [2.24, 2.45) is 0 Å². The van der Waals surface area contributed by atoms with Gasteiger partial charge >= 0.3 is 6.18 Å². The monoisotopic (exact) mass is 215 g/mol. The van der Waals surface area contributed by atoms with Crippen LogP contribution in [0.15, 0.2) is 12.4 Å². The number of hydrogen-bond donors (Lipinski definition) is 1. The van der Waals surface area contributed by atoms with Crippen molar-refractivity contribution in [1.29, 1.82) is 0 Å². The summed E-state index contributed by atoms with van der Waals surface area (Å²) >= 11 is 0. The molecule has 1 heterocycles. The lowest BCUT2D eigenvalue weighted by Crippen LogP contribution is -2.23. The summed E-state index contributed by atoms with van der Waals surface area (Å²) in [5.74, 6) is 0. The molecular weight excluding hydrogens is 207 g/mol. The van der Waals surface area contributed by atoms with Gasteiger partial charge in [0.2, 0.25) is 0 Å². The van der Waals surface area contributed by atoms with Gasteiger partial charge in [0.1, 0.15) is 6.04 Å². The molecular formula is C6H9ClF3N3. The number of alkyl halides is 3. The zero-order valence-corrected chi connectivity index (χ0v) is 7.56. The highest BCUT2D eigenvalue weighted by Crippen LogP contribution is 2.29. The Morgan fingerprint density at radius 1 is 1.54 bits per heavy atom. The number of halogens is 4. The Bertz CT molecular complexity index is 270. The van der Waals surface area contributed by atoms with Gasteiger partial charge < -0.3 is 5.73 Å². The second-order valence-electron chi connectivity index (χ2n) is 2.47. The highest BCUT2D eigenvalue weighted by molar-refractivity contribution is 5.85. The molecule has 0 aliphatic heterocycles. The molecule has 0 saturated carbocycles. The van der Waals surface area contributed by atoms with Crippen LogP contribution >= 0.6 is 12.4 Å². The Hall–Kier alpha value is -0.910. The Kier molecular flexibility index (Phi) is 3.60. The van der Waals surface area contributed by atoms with Crippen molar-refractivity contribution in [2.75, 3.05) is 5.73 Å². The van der Waals surface area contributed by atoms with Gasteiger partial charge in [0.05, 0.1) is 11.9 Å². The molecule has 0 aliphatic rings. The molecule has 0 aromatic carbocycles. The highest BCUT2D eigenvalue weighted by atomic mass is 35.5. The van der Waals surface area contributed by atoms with Gasteiger partial charge in [0.15, 0.2) is 0 Å². The number of nitrogens with zero attached hydrogens (tertiary/aromatic N) is 2. The predicted molar refractivity (Wildman–Crippen MR) is 44.7 cm³/mol. The predicted octanol–water partition coefficient (Wildman–Crippen LogP) is 2.01. The van der Waals surface area contributed by atoms with Gasteiger partial charge in [0.25, 0.3) is 0 Å². The molecule has 76 valence electrons. The average molecular weight is 216 g/mol. The summed E-state index contributed by atoms with van der Waals surface area (Å²) in [6, 6.07) is -1.63. The molecule has 0 saturated heterocycles. The second-order valence-corrected chi connectivity index (χ2v) is 2.47. The summed E-state index contributed by atoms with van der Waals surface area (Å²) in [6.07, 6.45) is -1.95. The SMILES string of the molecule is CC(n1cc(N)cn1)C(F)(F)F.Cl. The van der Waals surface area contributed by atoms with E-state index in [1.165, 1.54) is 6.20 Å². The third kappa shape index (κ3) is 2.80. The van der Waals surface area contributed by atoms with Crippen LogP contribution in [0.5, 0.6) is 0 Å². The molecule has 3 nitrogen and oxygen atoms in total. The summed E-state index contributed by atoms with van der Waals surface area (Å²) in [6.45, 7) is 1.02. The first-order chi connectivity index (χ1) is 5.41. The number of nitrogen functional groups attached to an aromatic ring is 1. The molecule has 1 aromatic rings. The van der Waals surface area contributed by atoms with E-state index in [9.17, 15) is 13.2 Å². The van der Waals surface area contributed by atoms with Crippen LogP contribution in [0.1, 0.15) is 13.0 Å². The maximum absolute atomic E-state index is 12.0. The minimum absolute atomic E-state index is 0. The molecule has 1 rings (SSSR count). The quantitative estimate of drug-likeness (QED) is 0.779. The third-order valence-electron chi connectivity index (χ3n) is 1.49. The molecule has 0 aliphatic carbocycles. The number of anilines is 1. The molecule has 13 heavy (non-hydrogen) atoms. The Balaban J connectivity index is 0.00000144. The van der Waals surface area contributed by atoms with E-state index in [2.05, 4.69) is 5.10 Å². The number of nitrogens with two attached hydrogens (primary N) is 1. The van der Waals surface area contributed by atoms with Crippen molar-refractivity contribution in [3.05, 3.63) is 12.4 Å². The molecule has 0 radical (unpaired) electrons. The minimum Gasteiger partial charge on any atom is -0.396 e. The first-order valence-corrected chi connectivity index (χ1v) is 3.27. The van der Waals surface area contributed by atoms with Crippen LogP contribution < -0.4 is 5.73 Å². The van der Waals surface area contributed by atoms with Gasteiger partial charge in [-0.3, -0.25) is 4.68 Å². The maximum Gasteiger partial charge on any atom is 0.410 e. The van der Waals surface area contributed by atoms with Gasteiger partial charge in [-0.1, -0.05) is 0 Å². The van der Waals surface area contributed by atoms with Crippen LogP contribution in [0.3, 0.4) is 0 Å². The first-order valence-electron chi connectivity index (χ1n) is 3.27. The van der Waals surface area contributed by atoms with Gasteiger partial charge in [-0.15, -0.1) is 12.4 Å². The lowest BCUT2D eigenvalue weighted by molar-refractivity contribution is -0.165. The largest absolute Gasteiger partial charge is 0.410 e. The highest BCUT2D eigenvalue weighted by Gasteiger charge is 2.37. The van der Waals surface area contributed by atoms with E-state index < -0.39 is 12.2 Å². The van der Waals surface area contributed by atoms with Crippen molar-refractivity contribution in [1.82, 2.24) is 9.78 Å². The van der Waals surface area contributed by atoms with Crippen molar-refractivity contribution in [2.45, 2.75) is 19.1 Å². The lowest BCUT2D eigenvalue weighted by Gasteiger charge is -2.15. The summed E-state index contributed by atoms with van der Waals surface area (Å²) in [7, 11) is 0. The topological polar surface area (TPSA) is 43.8 Å². The van der Waals surface area contributed by atoms with Crippen LogP contribution in [-0.2, 0) is 0 Å². The first kappa shape index (κ1) is 12.1. The van der Waals surface area contributed by atoms with Crippen molar-refractivity contribution >= 4 is 18.1 Å². The number of aromatic nitrogens is 2. The molecule has 1 aromatic heterocycles. The zero-order valence-electron chi connectivity index (χ0n) is 6.75. The van der Waals surface area contributed by atoms with Crippen LogP contribution in [0.4, 0.5) is 18.9 Å². The summed E-state index contributed by atoms with van der Waals surface area (Å²) in [4.78, 5) is 0. The maximum atomic E-state index is 12.0. The molecule has 0 spiro atoms. The Morgan fingerprint density at radius 3 is 2.38 bits per heavy atom. The smallest absolute Gasteiger partial charge is 0.396 e. The zero-order chi connectivity index (χ0) is 9.35. The van der Waals surface area contributed by atoms with Crippen LogP contribution in [0, 0.1) is 0 Å². The van der Waals surface area contributed by atoms with Crippen LogP contribution in [0.2, 0.25) is 0 Å². The Labute approximate surface area is 79.1 Å². The van der Waals surface area contributed by atoms with Gasteiger partial charge in [-0.05, 0) is 6.92 Å². The van der Waals surface area contributed by atoms with E-state index in [4.69, 9.17) is 5.73 Å². The van der Waals surface area contributed by atoms with Crippen LogP contribution in [0.25, 0.3) is 0 Å². The van der Waals surface area contributed by atoms with Gasteiger partial charge in [-0.25, -0.2) is 0 Å². The number of hydrogen-bond acceptors (Lipinski definition) is 2. The molecule has 2 N–H and O–H groups in total. The molecule has 1 unspecified atom stereocenters. The Morgan fingerprint density at radius 2 is 2.08 bits per heavy atom. The van der Waals surface area contributed by atoms with E-state index in [1.54, 1.807) is 0 Å².